The Hall–Kier alpha value is -1.65. The maximum Gasteiger partial charge on any atom is 0.109 e. The number of benzene rings is 1. The van der Waals surface area contributed by atoms with E-state index in [1.807, 2.05) is 26.1 Å². The van der Waals surface area contributed by atoms with Crippen LogP contribution in [0.1, 0.15) is 22.9 Å². The summed E-state index contributed by atoms with van der Waals surface area (Å²) in [6.45, 7) is 1.97. The molecular formula is C14H14N2OS. The molecule has 18 heavy (non-hydrogen) atoms. The summed E-state index contributed by atoms with van der Waals surface area (Å²) in [7, 11) is 1.89. The number of thiophene rings is 1. The number of fused-ring (bicyclic) bond motifs is 1. The highest BCUT2D eigenvalue weighted by molar-refractivity contribution is 7.17. The first-order chi connectivity index (χ1) is 8.68. The van der Waals surface area contributed by atoms with Gasteiger partial charge in [-0.2, -0.15) is 5.10 Å². The lowest BCUT2D eigenvalue weighted by Gasteiger charge is -2.11. The number of aromatic nitrogens is 2. The summed E-state index contributed by atoms with van der Waals surface area (Å²) >= 11 is 1.66. The van der Waals surface area contributed by atoms with Crippen LogP contribution in [0.4, 0.5) is 0 Å². The molecule has 0 spiro atoms. The van der Waals surface area contributed by atoms with Crippen molar-refractivity contribution in [3.05, 3.63) is 52.7 Å². The minimum atomic E-state index is -0.610. The van der Waals surface area contributed by atoms with Crippen LogP contribution in [0.5, 0.6) is 0 Å². The highest BCUT2D eigenvalue weighted by Gasteiger charge is 2.18. The lowest BCUT2D eigenvalue weighted by Crippen LogP contribution is -2.02. The number of hydrogen-bond donors (Lipinski definition) is 1. The summed E-state index contributed by atoms with van der Waals surface area (Å²) in [5.74, 6) is 0. The van der Waals surface area contributed by atoms with Crippen molar-refractivity contribution in [1.29, 1.82) is 0 Å². The third-order valence-electron chi connectivity index (χ3n) is 3.37. The molecule has 4 heteroatoms. The predicted octanol–water partition coefficient (Wildman–Crippen LogP) is 3.02. The zero-order valence-electron chi connectivity index (χ0n) is 10.3. The van der Waals surface area contributed by atoms with Gasteiger partial charge in [-0.1, -0.05) is 18.2 Å². The largest absolute Gasteiger partial charge is 0.383 e. The lowest BCUT2D eigenvalue weighted by atomic mass is 10.0. The summed E-state index contributed by atoms with van der Waals surface area (Å²) in [4.78, 5) is 0. The third kappa shape index (κ3) is 1.65. The Morgan fingerprint density at radius 2 is 2.11 bits per heavy atom. The first-order valence-electron chi connectivity index (χ1n) is 5.81. The van der Waals surface area contributed by atoms with Crippen molar-refractivity contribution >= 4 is 21.4 Å². The summed E-state index contributed by atoms with van der Waals surface area (Å²) in [5.41, 5.74) is 2.83. The van der Waals surface area contributed by atoms with E-state index in [4.69, 9.17) is 0 Å². The van der Waals surface area contributed by atoms with E-state index < -0.39 is 6.10 Å². The third-order valence-corrected chi connectivity index (χ3v) is 4.35. The molecule has 0 amide bonds. The Kier molecular flexibility index (Phi) is 2.69. The molecule has 1 aromatic carbocycles. The van der Waals surface area contributed by atoms with Crippen LogP contribution in [0.15, 0.2) is 35.8 Å². The molecule has 0 aliphatic rings. The molecule has 0 saturated carbocycles. The molecule has 0 saturated heterocycles. The summed E-state index contributed by atoms with van der Waals surface area (Å²) in [6.07, 6.45) is 1.13. The van der Waals surface area contributed by atoms with Gasteiger partial charge in [0.15, 0.2) is 0 Å². The highest BCUT2D eigenvalue weighted by Crippen LogP contribution is 2.33. The van der Waals surface area contributed by atoms with Crippen LogP contribution in [0.2, 0.25) is 0 Å². The van der Waals surface area contributed by atoms with Crippen molar-refractivity contribution in [3.8, 4) is 0 Å². The SMILES string of the molecule is Cc1c(C(O)c2cccc3ccsc23)cnn1C. The molecular weight excluding hydrogens is 244 g/mol. The van der Waals surface area contributed by atoms with Gasteiger partial charge in [-0.15, -0.1) is 11.3 Å². The molecule has 2 aromatic heterocycles. The van der Waals surface area contributed by atoms with Gasteiger partial charge in [0, 0.05) is 28.6 Å². The maximum absolute atomic E-state index is 10.6. The number of hydrogen-bond acceptors (Lipinski definition) is 3. The molecule has 2 heterocycles. The lowest BCUT2D eigenvalue weighted by molar-refractivity contribution is 0.221. The molecule has 3 aromatic rings. The van der Waals surface area contributed by atoms with Crippen LogP contribution >= 0.6 is 11.3 Å². The van der Waals surface area contributed by atoms with Crippen molar-refractivity contribution in [2.75, 3.05) is 0 Å². The van der Waals surface area contributed by atoms with E-state index in [1.165, 1.54) is 5.39 Å². The monoisotopic (exact) mass is 258 g/mol. The zero-order chi connectivity index (χ0) is 12.7. The predicted molar refractivity (Wildman–Crippen MR) is 73.8 cm³/mol. The summed E-state index contributed by atoms with van der Waals surface area (Å²) in [6, 6.07) is 8.11. The van der Waals surface area contributed by atoms with E-state index in [1.54, 1.807) is 22.2 Å². The van der Waals surface area contributed by atoms with E-state index in [9.17, 15) is 5.11 Å². The average molecular weight is 258 g/mol. The summed E-state index contributed by atoms with van der Waals surface area (Å²) in [5, 5.41) is 18.0. The van der Waals surface area contributed by atoms with Gasteiger partial charge in [-0.25, -0.2) is 0 Å². The maximum atomic E-state index is 10.6. The average Bonchev–Trinajstić information content (AvgIpc) is 2.96. The molecule has 0 aliphatic carbocycles. The topological polar surface area (TPSA) is 38.1 Å². The van der Waals surface area contributed by atoms with Crippen molar-refractivity contribution in [3.63, 3.8) is 0 Å². The normalized spacial score (nSPS) is 13.1. The van der Waals surface area contributed by atoms with Crippen molar-refractivity contribution in [2.24, 2.45) is 7.05 Å². The Morgan fingerprint density at radius 3 is 2.83 bits per heavy atom. The second-order valence-corrected chi connectivity index (χ2v) is 5.31. The van der Waals surface area contributed by atoms with Crippen molar-refractivity contribution in [2.45, 2.75) is 13.0 Å². The van der Waals surface area contributed by atoms with Gasteiger partial charge in [0.1, 0.15) is 6.10 Å². The van der Waals surface area contributed by atoms with E-state index in [0.29, 0.717) is 0 Å². The number of aliphatic hydroxyl groups is 1. The highest BCUT2D eigenvalue weighted by atomic mass is 32.1. The van der Waals surface area contributed by atoms with Gasteiger partial charge in [-0.05, 0) is 23.8 Å². The molecule has 1 atom stereocenters. The van der Waals surface area contributed by atoms with E-state index in [0.717, 1.165) is 21.5 Å². The molecule has 0 bridgehead atoms. The van der Waals surface area contributed by atoms with E-state index >= 15 is 0 Å². The van der Waals surface area contributed by atoms with Crippen LogP contribution in [0.3, 0.4) is 0 Å². The van der Waals surface area contributed by atoms with Crippen LogP contribution in [-0.4, -0.2) is 14.9 Å². The van der Waals surface area contributed by atoms with Gasteiger partial charge < -0.3 is 5.11 Å². The second-order valence-electron chi connectivity index (χ2n) is 4.40. The fourth-order valence-corrected chi connectivity index (χ4v) is 3.12. The Labute approximate surface area is 109 Å². The number of nitrogens with zero attached hydrogens (tertiary/aromatic N) is 2. The molecule has 0 aliphatic heterocycles. The molecule has 0 fully saturated rings. The second kappa shape index (κ2) is 4.23. The zero-order valence-corrected chi connectivity index (χ0v) is 11.1. The fraction of sp³-hybridized carbons (Fsp3) is 0.214. The minimum absolute atomic E-state index is 0.610. The first-order valence-corrected chi connectivity index (χ1v) is 6.69. The quantitative estimate of drug-likeness (QED) is 0.767. The summed E-state index contributed by atoms with van der Waals surface area (Å²) < 4.78 is 2.93. The molecule has 3 rings (SSSR count). The Morgan fingerprint density at radius 1 is 1.28 bits per heavy atom. The van der Waals surface area contributed by atoms with E-state index in [-0.39, 0.29) is 0 Å². The Balaban J connectivity index is 2.14. The molecule has 1 unspecified atom stereocenters. The van der Waals surface area contributed by atoms with Crippen LogP contribution in [-0.2, 0) is 7.05 Å². The molecule has 0 radical (unpaired) electrons. The van der Waals surface area contributed by atoms with Gasteiger partial charge in [-0.3, -0.25) is 4.68 Å². The number of aryl methyl sites for hydroxylation is 1. The molecule has 1 N–H and O–H groups in total. The standard InChI is InChI=1S/C14H14N2OS/c1-9-12(8-15-16(9)2)13(17)11-5-3-4-10-6-7-18-14(10)11/h3-8,13,17H,1-2H3. The van der Waals surface area contributed by atoms with Gasteiger partial charge >= 0.3 is 0 Å². The van der Waals surface area contributed by atoms with Crippen LogP contribution in [0.25, 0.3) is 10.1 Å². The smallest absolute Gasteiger partial charge is 0.109 e. The minimum Gasteiger partial charge on any atom is -0.383 e. The van der Waals surface area contributed by atoms with Crippen LogP contribution in [0, 0.1) is 6.92 Å². The van der Waals surface area contributed by atoms with Crippen LogP contribution < -0.4 is 0 Å². The van der Waals surface area contributed by atoms with Gasteiger partial charge in [0.05, 0.1) is 6.20 Å². The molecule has 92 valence electrons. The van der Waals surface area contributed by atoms with Gasteiger partial charge in [0.25, 0.3) is 0 Å². The van der Waals surface area contributed by atoms with E-state index in [2.05, 4.69) is 22.6 Å². The fourth-order valence-electron chi connectivity index (χ4n) is 2.18. The number of rotatable bonds is 2. The first kappa shape index (κ1) is 11.4. The van der Waals surface area contributed by atoms with Crippen molar-refractivity contribution in [1.82, 2.24) is 9.78 Å². The van der Waals surface area contributed by atoms with Gasteiger partial charge in [0.2, 0.25) is 0 Å². The Bertz CT molecular complexity index is 699. The molecule has 3 nitrogen and oxygen atoms in total. The van der Waals surface area contributed by atoms with Crippen molar-refractivity contribution < 1.29 is 5.11 Å². The number of aliphatic hydroxyl groups excluding tert-OH is 1.